The maximum atomic E-state index is 5.75. The minimum absolute atomic E-state index is 0.652. The van der Waals surface area contributed by atoms with Gasteiger partial charge in [-0.05, 0) is 119 Å². The van der Waals surface area contributed by atoms with Gasteiger partial charge in [0.1, 0.15) is 0 Å². The van der Waals surface area contributed by atoms with Gasteiger partial charge in [-0.3, -0.25) is 0 Å². The van der Waals surface area contributed by atoms with E-state index in [0.29, 0.717) is 5.82 Å². The number of pyridine rings is 2. The molecule has 0 spiro atoms. The number of benzene rings is 13. The minimum atomic E-state index is 0.652. The van der Waals surface area contributed by atoms with Crippen molar-refractivity contribution < 1.29 is 0 Å². The van der Waals surface area contributed by atoms with E-state index in [9.17, 15) is 0 Å². The third kappa shape index (κ3) is 7.01. The first-order valence-corrected chi connectivity index (χ1v) is 26.6. The summed E-state index contributed by atoms with van der Waals surface area (Å²) in [4.78, 5) is 21.6. The van der Waals surface area contributed by atoms with Gasteiger partial charge in [-0.15, -0.1) is 0 Å². The Labute approximate surface area is 449 Å². The molecule has 360 valence electrons. The molecule has 0 radical (unpaired) electrons. The van der Waals surface area contributed by atoms with E-state index < -0.39 is 0 Å². The molecule has 0 aliphatic rings. The lowest BCUT2D eigenvalue weighted by molar-refractivity contribution is 1.23. The van der Waals surface area contributed by atoms with E-state index in [4.69, 9.17) is 19.9 Å². The Morgan fingerprint density at radius 3 is 1.06 bits per heavy atom. The van der Waals surface area contributed by atoms with Crippen LogP contribution in [0.3, 0.4) is 0 Å². The highest BCUT2D eigenvalue weighted by atomic mass is 14.9. The molecule has 0 fully saturated rings. The average molecular weight is 989 g/mol. The molecule has 16 rings (SSSR count). The topological polar surface area (TPSA) is 51.6 Å². The van der Waals surface area contributed by atoms with Crippen LogP contribution in [0.5, 0.6) is 0 Å². The van der Waals surface area contributed by atoms with Gasteiger partial charge >= 0.3 is 0 Å². The van der Waals surface area contributed by atoms with Crippen LogP contribution in [-0.2, 0) is 0 Å². The number of hydrogen-bond acceptors (Lipinski definition) is 4. The summed E-state index contributed by atoms with van der Waals surface area (Å²) in [7, 11) is 0. The summed E-state index contributed by atoms with van der Waals surface area (Å²) >= 11 is 0. The predicted molar refractivity (Wildman–Crippen MR) is 328 cm³/mol. The Kier molecular flexibility index (Phi) is 9.91. The molecule has 0 unspecified atom stereocenters. The van der Waals surface area contributed by atoms with Crippen LogP contribution in [0, 0.1) is 0 Å². The molecule has 13 aromatic carbocycles. The number of aromatic nitrogens is 4. The average Bonchev–Trinajstić information content (AvgIpc) is 3.60. The summed E-state index contributed by atoms with van der Waals surface area (Å²) in [6.07, 6.45) is 0. The largest absolute Gasteiger partial charge is 0.248 e. The Morgan fingerprint density at radius 2 is 0.577 bits per heavy atom. The molecule has 16 aromatic rings. The van der Waals surface area contributed by atoms with Crippen molar-refractivity contribution in [2.75, 3.05) is 0 Å². The van der Waals surface area contributed by atoms with Crippen molar-refractivity contribution in [2.45, 2.75) is 0 Å². The number of para-hydroxylation sites is 4. The van der Waals surface area contributed by atoms with Crippen LogP contribution < -0.4 is 0 Å². The van der Waals surface area contributed by atoms with E-state index >= 15 is 0 Å². The monoisotopic (exact) mass is 988 g/mol. The van der Waals surface area contributed by atoms with E-state index in [1.165, 1.54) is 48.7 Å². The number of nitrogens with zero attached hydrogens (tertiary/aromatic N) is 4. The van der Waals surface area contributed by atoms with E-state index in [0.717, 1.165) is 110 Å². The molecule has 3 heterocycles. The van der Waals surface area contributed by atoms with Crippen molar-refractivity contribution in [2.24, 2.45) is 0 Å². The van der Waals surface area contributed by atoms with Crippen LogP contribution >= 0.6 is 0 Å². The molecular formula is C74H44N4. The highest BCUT2D eigenvalue weighted by Gasteiger charge is 2.22. The van der Waals surface area contributed by atoms with Gasteiger partial charge in [0.05, 0.1) is 33.3 Å². The SMILES string of the molecule is c1ccc2c(c1)cc(-c1cc(-c3cc4ccccc4c4ccccc34)c3nc(-c4ccc(-c5c6ccccc6nc6ccccc56)cc4)nc(-c4ccc(-c5c6ccccc6nc6ccccc56)cc4)c3c1)c1ccccc12. The normalized spacial score (nSPS) is 11.8. The summed E-state index contributed by atoms with van der Waals surface area (Å²) in [5, 5.41) is 15.1. The fourth-order valence-corrected chi connectivity index (χ4v) is 12.4. The lowest BCUT2D eigenvalue weighted by Gasteiger charge is -2.19. The lowest BCUT2D eigenvalue weighted by Crippen LogP contribution is -1.99. The quantitative estimate of drug-likeness (QED) is 0.123. The van der Waals surface area contributed by atoms with E-state index in [1.807, 2.05) is 0 Å². The Hall–Kier alpha value is -10.4. The van der Waals surface area contributed by atoms with Crippen molar-refractivity contribution >= 4 is 97.6 Å². The molecule has 0 aliphatic heterocycles. The highest BCUT2D eigenvalue weighted by Crippen LogP contribution is 2.46. The molecule has 0 atom stereocenters. The van der Waals surface area contributed by atoms with Gasteiger partial charge in [-0.2, -0.15) is 0 Å². The molecule has 0 saturated heterocycles. The number of rotatable bonds is 6. The fraction of sp³-hybridized carbons (Fsp3) is 0. The van der Waals surface area contributed by atoms with Gasteiger partial charge < -0.3 is 0 Å². The maximum absolute atomic E-state index is 5.75. The van der Waals surface area contributed by atoms with Crippen LogP contribution in [0.2, 0.25) is 0 Å². The summed E-state index contributed by atoms with van der Waals surface area (Å²) < 4.78 is 0. The second-order valence-electron chi connectivity index (χ2n) is 20.4. The van der Waals surface area contributed by atoms with Gasteiger partial charge in [-0.25, -0.2) is 19.9 Å². The van der Waals surface area contributed by atoms with E-state index in [2.05, 4.69) is 267 Å². The summed E-state index contributed by atoms with van der Waals surface area (Å²) in [6, 6.07) is 96.2. The van der Waals surface area contributed by atoms with Gasteiger partial charge in [0.25, 0.3) is 0 Å². The molecule has 0 amide bonds. The Balaban J connectivity index is 0.985. The zero-order chi connectivity index (χ0) is 51.3. The number of fused-ring (bicyclic) bond motifs is 11. The van der Waals surface area contributed by atoms with Crippen LogP contribution in [0.15, 0.2) is 267 Å². The maximum Gasteiger partial charge on any atom is 0.160 e. The molecule has 0 saturated carbocycles. The minimum Gasteiger partial charge on any atom is -0.248 e. The molecule has 3 aromatic heterocycles. The van der Waals surface area contributed by atoms with Crippen molar-refractivity contribution in [1.29, 1.82) is 0 Å². The summed E-state index contributed by atoms with van der Waals surface area (Å²) in [6.45, 7) is 0. The second-order valence-corrected chi connectivity index (χ2v) is 20.4. The third-order valence-corrected chi connectivity index (χ3v) is 16.0. The lowest BCUT2D eigenvalue weighted by atomic mass is 9.87. The third-order valence-electron chi connectivity index (χ3n) is 16.0. The molecule has 0 N–H and O–H groups in total. The van der Waals surface area contributed by atoms with Gasteiger partial charge in [0.2, 0.25) is 0 Å². The first-order valence-electron chi connectivity index (χ1n) is 26.6. The van der Waals surface area contributed by atoms with Crippen LogP contribution in [0.1, 0.15) is 0 Å². The standard InChI is InChI=1S/C74H44N4/c1-3-19-52-49(17-1)41-62(56-23-7-5-21-54(52)56)51-43-64(63-42-50-18-2-4-20-53(50)55-22-6-8-24-57(55)63)73-65(44-51)72(47-37-33-45(34-38-47)70-58-25-9-13-29-66(58)75-67-30-14-10-26-59(67)70)77-74(78-73)48-39-35-46(36-40-48)71-60-27-11-15-31-68(60)76-69-32-16-12-28-61(69)71/h1-44H. The molecule has 0 bridgehead atoms. The fourth-order valence-electron chi connectivity index (χ4n) is 12.4. The van der Waals surface area contributed by atoms with Crippen molar-refractivity contribution in [1.82, 2.24) is 19.9 Å². The van der Waals surface area contributed by atoms with Gasteiger partial charge in [-0.1, -0.05) is 218 Å². The van der Waals surface area contributed by atoms with Gasteiger partial charge in [0, 0.05) is 54.7 Å². The van der Waals surface area contributed by atoms with Crippen LogP contribution in [0.4, 0.5) is 0 Å². The smallest absolute Gasteiger partial charge is 0.160 e. The van der Waals surface area contributed by atoms with E-state index in [-0.39, 0.29) is 0 Å². The number of hydrogen-bond donors (Lipinski definition) is 0. The zero-order valence-corrected chi connectivity index (χ0v) is 42.2. The molecule has 78 heavy (non-hydrogen) atoms. The predicted octanol–water partition coefficient (Wildman–Crippen LogP) is 19.6. The van der Waals surface area contributed by atoms with Crippen molar-refractivity contribution in [3.63, 3.8) is 0 Å². The Morgan fingerprint density at radius 1 is 0.205 bits per heavy atom. The summed E-state index contributed by atoms with van der Waals surface area (Å²) in [5.41, 5.74) is 16.5. The molecular weight excluding hydrogens is 945 g/mol. The zero-order valence-electron chi connectivity index (χ0n) is 42.2. The second kappa shape index (κ2) is 17.6. The van der Waals surface area contributed by atoms with E-state index in [1.54, 1.807) is 0 Å². The van der Waals surface area contributed by atoms with Crippen molar-refractivity contribution in [3.8, 4) is 67.2 Å². The van der Waals surface area contributed by atoms with Crippen molar-refractivity contribution in [3.05, 3.63) is 267 Å². The summed E-state index contributed by atoms with van der Waals surface area (Å²) in [5.74, 6) is 0.652. The van der Waals surface area contributed by atoms with Crippen LogP contribution in [0.25, 0.3) is 165 Å². The Bertz CT molecular complexity index is 5030. The molecule has 4 heteroatoms. The first-order chi connectivity index (χ1) is 38.7. The van der Waals surface area contributed by atoms with Crippen LogP contribution in [-0.4, -0.2) is 19.9 Å². The first kappa shape index (κ1) is 43.9. The molecule has 4 nitrogen and oxygen atoms in total. The molecule has 0 aliphatic carbocycles. The highest BCUT2D eigenvalue weighted by molar-refractivity contribution is 6.19. The van der Waals surface area contributed by atoms with Gasteiger partial charge in [0.15, 0.2) is 5.82 Å².